The molecule has 7 heteroatoms. The summed E-state index contributed by atoms with van der Waals surface area (Å²) in [6.07, 6.45) is 1.80. The van der Waals surface area contributed by atoms with E-state index >= 15 is 0 Å². The Hall–Kier alpha value is -3.19. The second-order valence-electron chi connectivity index (χ2n) is 7.43. The number of benzene rings is 1. The van der Waals surface area contributed by atoms with E-state index in [0.29, 0.717) is 0 Å². The van der Waals surface area contributed by atoms with E-state index in [9.17, 15) is 9.90 Å². The number of aromatic nitrogens is 2. The summed E-state index contributed by atoms with van der Waals surface area (Å²) in [6, 6.07) is 15.0. The minimum absolute atomic E-state index is 0.00000593. The molecule has 0 spiro atoms. The molecule has 2 N–H and O–H groups in total. The number of rotatable bonds is 5. The molecule has 3 heterocycles. The Labute approximate surface area is 181 Å². The molecule has 3 aromatic rings. The Morgan fingerprint density at radius 2 is 2.00 bits per heavy atom. The van der Waals surface area contributed by atoms with Gasteiger partial charge >= 0.3 is 5.97 Å². The van der Waals surface area contributed by atoms with Crippen LogP contribution in [0, 0.1) is 13.8 Å². The lowest BCUT2D eigenvalue weighted by molar-refractivity contribution is 0.0697. The summed E-state index contributed by atoms with van der Waals surface area (Å²) >= 11 is 5.63. The first kappa shape index (κ1) is 20.1. The van der Waals surface area contributed by atoms with Crippen molar-refractivity contribution in [2.24, 2.45) is 0 Å². The molecular weight excluding hydrogens is 396 g/mol. The van der Waals surface area contributed by atoms with Crippen molar-refractivity contribution in [1.29, 1.82) is 0 Å². The summed E-state index contributed by atoms with van der Waals surface area (Å²) in [6.45, 7) is 6.98. The Morgan fingerprint density at radius 3 is 2.67 bits per heavy atom. The Kier molecular flexibility index (Phi) is 5.30. The summed E-state index contributed by atoms with van der Waals surface area (Å²) in [5.74, 6) is -0.933. The quantitative estimate of drug-likeness (QED) is 0.604. The molecule has 1 aromatic carbocycles. The highest BCUT2D eigenvalue weighted by Crippen LogP contribution is 2.41. The summed E-state index contributed by atoms with van der Waals surface area (Å²) in [4.78, 5) is 18.2. The van der Waals surface area contributed by atoms with Crippen LogP contribution in [0.2, 0.25) is 0 Å². The highest BCUT2D eigenvalue weighted by atomic mass is 32.1. The molecule has 1 aliphatic heterocycles. The van der Waals surface area contributed by atoms with Gasteiger partial charge in [0.1, 0.15) is 0 Å². The normalized spacial score (nSPS) is 18.5. The molecule has 1 aliphatic rings. The standard InChI is InChI=1S/C23H24N4O2S/c1-4-26-21(20(25-23(26)30)19-10-5-6-11-24-19)18-12-14(2)27(15(18)3)17-9-7-8-16(13-17)22(28)29/h5-13,20-21H,4H2,1-3H3,(H,25,30)(H,28,29)/t20-,21-/m1/s1. The third kappa shape index (κ3) is 3.35. The van der Waals surface area contributed by atoms with Crippen LogP contribution in [-0.2, 0) is 0 Å². The van der Waals surface area contributed by atoms with Crippen LogP contribution in [0.1, 0.15) is 52.0 Å². The van der Waals surface area contributed by atoms with Crippen LogP contribution in [0.5, 0.6) is 0 Å². The molecule has 0 unspecified atom stereocenters. The number of pyridine rings is 1. The largest absolute Gasteiger partial charge is 0.478 e. The maximum atomic E-state index is 11.4. The molecule has 0 bridgehead atoms. The molecule has 2 aromatic heterocycles. The van der Waals surface area contributed by atoms with E-state index in [2.05, 4.69) is 39.7 Å². The van der Waals surface area contributed by atoms with Crippen molar-refractivity contribution in [2.45, 2.75) is 32.9 Å². The average molecular weight is 421 g/mol. The van der Waals surface area contributed by atoms with Crippen LogP contribution in [0.15, 0.2) is 54.7 Å². The van der Waals surface area contributed by atoms with Gasteiger partial charge in [0.15, 0.2) is 5.11 Å². The van der Waals surface area contributed by atoms with E-state index in [4.69, 9.17) is 12.2 Å². The lowest BCUT2D eigenvalue weighted by Crippen LogP contribution is -2.29. The lowest BCUT2D eigenvalue weighted by Gasteiger charge is -2.27. The molecule has 0 amide bonds. The number of aromatic carboxylic acids is 1. The lowest BCUT2D eigenvalue weighted by atomic mass is 9.97. The van der Waals surface area contributed by atoms with Crippen molar-refractivity contribution in [3.8, 4) is 5.69 Å². The van der Waals surface area contributed by atoms with E-state index in [1.165, 1.54) is 0 Å². The van der Waals surface area contributed by atoms with Gasteiger partial charge in [-0.2, -0.15) is 0 Å². The van der Waals surface area contributed by atoms with Crippen LogP contribution < -0.4 is 5.32 Å². The van der Waals surface area contributed by atoms with Crippen LogP contribution in [0.3, 0.4) is 0 Å². The van der Waals surface area contributed by atoms with Gasteiger partial charge < -0.3 is 19.9 Å². The van der Waals surface area contributed by atoms with Crippen molar-refractivity contribution in [2.75, 3.05) is 6.54 Å². The molecule has 0 radical (unpaired) electrons. The predicted molar refractivity (Wildman–Crippen MR) is 120 cm³/mol. The van der Waals surface area contributed by atoms with Crippen molar-refractivity contribution in [3.63, 3.8) is 0 Å². The third-order valence-corrected chi connectivity index (χ3v) is 6.03. The molecule has 6 nitrogen and oxygen atoms in total. The number of thiocarbonyl (C=S) groups is 1. The summed E-state index contributed by atoms with van der Waals surface area (Å²) in [5.41, 5.74) is 5.30. The van der Waals surface area contributed by atoms with Crippen LogP contribution in [-0.4, -0.2) is 37.2 Å². The fourth-order valence-electron chi connectivity index (χ4n) is 4.35. The van der Waals surface area contributed by atoms with Crippen molar-refractivity contribution in [1.82, 2.24) is 19.8 Å². The molecular formula is C23H24N4O2S. The van der Waals surface area contributed by atoms with Gasteiger partial charge in [-0.1, -0.05) is 12.1 Å². The molecule has 0 aliphatic carbocycles. The Balaban J connectivity index is 1.83. The van der Waals surface area contributed by atoms with Crippen LogP contribution in [0.4, 0.5) is 0 Å². The van der Waals surface area contributed by atoms with E-state index in [0.717, 1.165) is 40.0 Å². The maximum absolute atomic E-state index is 11.4. The topological polar surface area (TPSA) is 70.4 Å². The SMILES string of the molecule is CCN1C(=S)N[C@H](c2ccccn2)[C@H]1c1cc(C)n(-c2cccc(C(=O)O)c2)c1C. The zero-order valence-electron chi connectivity index (χ0n) is 17.2. The minimum Gasteiger partial charge on any atom is -0.478 e. The first-order valence-electron chi connectivity index (χ1n) is 9.93. The fraction of sp³-hybridized carbons (Fsp3) is 0.261. The number of hydrogen-bond acceptors (Lipinski definition) is 3. The predicted octanol–water partition coefficient (Wildman–Crippen LogP) is 4.18. The number of hydrogen-bond donors (Lipinski definition) is 2. The second kappa shape index (κ2) is 7.91. The summed E-state index contributed by atoms with van der Waals surface area (Å²) in [5, 5.41) is 13.5. The van der Waals surface area contributed by atoms with Crippen molar-refractivity contribution < 1.29 is 9.90 Å². The number of nitrogens with zero attached hydrogens (tertiary/aromatic N) is 3. The number of nitrogens with one attached hydrogen (secondary N) is 1. The van der Waals surface area contributed by atoms with Crippen molar-refractivity contribution >= 4 is 23.3 Å². The highest BCUT2D eigenvalue weighted by Gasteiger charge is 2.40. The molecule has 154 valence electrons. The number of aryl methyl sites for hydroxylation is 1. The fourth-order valence-corrected chi connectivity index (χ4v) is 4.72. The highest BCUT2D eigenvalue weighted by molar-refractivity contribution is 7.80. The first-order chi connectivity index (χ1) is 14.4. The van der Waals surface area contributed by atoms with Gasteiger partial charge in [-0.05, 0) is 75.0 Å². The smallest absolute Gasteiger partial charge is 0.335 e. The zero-order chi connectivity index (χ0) is 21.4. The van der Waals surface area contributed by atoms with E-state index in [1.54, 1.807) is 24.4 Å². The molecule has 4 rings (SSSR count). The van der Waals surface area contributed by atoms with Gasteiger partial charge in [0.05, 0.1) is 23.3 Å². The van der Waals surface area contributed by atoms with Gasteiger partial charge in [0.2, 0.25) is 0 Å². The number of carboxylic acid groups (broad SMARTS) is 1. The van der Waals surface area contributed by atoms with Gasteiger partial charge in [-0.15, -0.1) is 0 Å². The third-order valence-electron chi connectivity index (χ3n) is 5.68. The molecule has 2 atom stereocenters. The van der Waals surface area contributed by atoms with Gasteiger partial charge in [-0.3, -0.25) is 4.98 Å². The van der Waals surface area contributed by atoms with E-state index < -0.39 is 5.97 Å². The second-order valence-corrected chi connectivity index (χ2v) is 7.82. The first-order valence-corrected chi connectivity index (χ1v) is 10.3. The Morgan fingerprint density at radius 1 is 1.20 bits per heavy atom. The number of likely N-dealkylation sites (N-methyl/N-ethyl adjacent to an activating group) is 1. The molecule has 1 fully saturated rings. The Bertz CT molecular complexity index is 1110. The van der Waals surface area contributed by atoms with Crippen molar-refractivity contribution in [3.05, 3.63) is 82.9 Å². The monoisotopic (exact) mass is 420 g/mol. The minimum atomic E-state index is -0.933. The van der Waals surface area contributed by atoms with Gasteiger partial charge in [-0.25, -0.2) is 4.79 Å². The summed E-state index contributed by atoms with van der Waals surface area (Å²) < 4.78 is 2.10. The average Bonchev–Trinajstić information content (AvgIpc) is 3.23. The molecule has 1 saturated heterocycles. The van der Waals surface area contributed by atoms with E-state index in [-0.39, 0.29) is 17.6 Å². The van der Waals surface area contributed by atoms with Crippen LogP contribution in [0.25, 0.3) is 5.69 Å². The zero-order valence-corrected chi connectivity index (χ0v) is 18.0. The van der Waals surface area contributed by atoms with Gasteiger partial charge in [0.25, 0.3) is 0 Å². The number of carboxylic acids is 1. The maximum Gasteiger partial charge on any atom is 0.335 e. The van der Waals surface area contributed by atoms with Crippen LogP contribution >= 0.6 is 12.2 Å². The van der Waals surface area contributed by atoms with E-state index in [1.807, 2.05) is 31.2 Å². The summed E-state index contributed by atoms with van der Waals surface area (Å²) in [7, 11) is 0. The molecule has 0 saturated carbocycles. The number of carbonyl (C=O) groups is 1. The molecule has 30 heavy (non-hydrogen) atoms. The van der Waals surface area contributed by atoms with Gasteiger partial charge in [0, 0.05) is 29.8 Å².